The summed E-state index contributed by atoms with van der Waals surface area (Å²) in [6.45, 7) is 10.6. The van der Waals surface area contributed by atoms with E-state index in [1.807, 2.05) is 6.92 Å². The molecule has 1 N–H and O–H groups in total. The highest BCUT2D eigenvalue weighted by atomic mass is 16.5. The molecule has 1 aliphatic rings. The molecule has 1 aliphatic heterocycles. The lowest BCUT2D eigenvalue weighted by Gasteiger charge is -2.34. The zero-order valence-corrected chi connectivity index (χ0v) is 11.3. The zero-order valence-electron chi connectivity index (χ0n) is 11.3. The zero-order chi connectivity index (χ0) is 12.4. The molecule has 0 radical (unpaired) electrons. The molecule has 0 bridgehead atoms. The second-order valence-corrected chi connectivity index (χ2v) is 5.22. The standard InChI is InChI=1S/C15H23NO/c1-5-17-13-8-6-7-12-14(13)11(4)9-16-15(12)10(2)3/h6-8,10-11,15-16H,5,9H2,1-4H3. The molecule has 0 aromatic heterocycles. The molecule has 0 saturated heterocycles. The van der Waals surface area contributed by atoms with Gasteiger partial charge >= 0.3 is 0 Å². The van der Waals surface area contributed by atoms with Crippen molar-refractivity contribution in [3.05, 3.63) is 29.3 Å². The van der Waals surface area contributed by atoms with Gasteiger partial charge in [0.05, 0.1) is 6.61 Å². The molecule has 0 amide bonds. The van der Waals surface area contributed by atoms with Crippen molar-refractivity contribution in [3.63, 3.8) is 0 Å². The van der Waals surface area contributed by atoms with Crippen LogP contribution in [0, 0.1) is 5.92 Å². The Balaban J connectivity index is 2.46. The van der Waals surface area contributed by atoms with E-state index in [1.165, 1.54) is 11.1 Å². The van der Waals surface area contributed by atoms with E-state index in [0.29, 0.717) is 17.9 Å². The van der Waals surface area contributed by atoms with E-state index in [0.717, 1.165) is 18.9 Å². The van der Waals surface area contributed by atoms with Crippen LogP contribution in [0.4, 0.5) is 0 Å². The minimum atomic E-state index is 0.460. The quantitative estimate of drug-likeness (QED) is 0.863. The fraction of sp³-hybridized carbons (Fsp3) is 0.600. The predicted octanol–water partition coefficient (Wildman–Crippen LogP) is 3.49. The highest BCUT2D eigenvalue weighted by molar-refractivity contribution is 5.46. The van der Waals surface area contributed by atoms with Gasteiger partial charge in [0.25, 0.3) is 0 Å². The molecule has 2 unspecified atom stereocenters. The molecular formula is C15H23NO. The number of ether oxygens (including phenoxy) is 1. The van der Waals surface area contributed by atoms with Crippen LogP contribution in [0.25, 0.3) is 0 Å². The summed E-state index contributed by atoms with van der Waals surface area (Å²) >= 11 is 0. The Hall–Kier alpha value is -1.02. The van der Waals surface area contributed by atoms with Crippen molar-refractivity contribution >= 4 is 0 Å². The predicted molar refractivity (Wildman–Crippen MR) is 71.6 cm³/mol. The maximum absolute atomic E-state index is 5.77. The van der Waals surface area contributed by atoms with E-state index < -0.39 is 0 Å². The van der Waals surface area contributed by atoms with Crippen molar-refractivity contribution < 1.29 is 4.74 Å². The Morgan fingerprint density at radius 3 is 2.82 bits per heavy atom. The first-order valence-electron chi connectivity index (χ1n) is 6.64. The molecule has 1 heterocycles. The van der Waals surface area contributed by atoms with E-state index in [9.17, 15) is 0 Å². The summed E-state index contributed by atoms with van der Waals surface area (Å²) in [7, 11) is 0. The lowest BCUT2D eigenvalue weighted by molar-refractivity contribution is 0.321. The van der Waals surface area contributed by atoms with Crippen molar-refractivity contribution in [3.8, 4) is 5.75 Å². The molecule has 0 aliphatic carbocycles. The smallest absolute Gasteiger partial charge is 0.123 e. The van der Waals surface area contributed by atoms with Gasteiger partial charge in [-0.2, -0.15) is 0 Å². The average Bonchev–Trinajstić information content (AvgIpc) is 2.29. The summed E-state index contributed by atoms with van der Waals surface area (Å²) in [6, 6.07) is 6.91. The molecule has 1 aromatic rings. The number of rotatable bonds is 3. The van der Waals surface area contributed by atoms with Gasteiger partial charge in [0.1, 0.15) is 5.75 Å². The van der Waals surface area contributed by atoms with Gasteiger partial charge in [0, 0.05) is 18.2 Å². The second-order valence-electron chi connectivity index (χ2n) is 5.22. The van der Waals surface area contributed by atoms with E-state index in [-0.39, 0.29) is 0 Å². The first-order chi connectivity index (χ1) is 8.15. The Bertz CT molecular complexity index is 387. The molecule has 0 spiro atoms. The third-order valence-corrected chi connectivity index (χ3v) is 3.54. The molecule has 2 nitrogen and oxygen atoms in total. The normalized spacial score (nSPS) is 23.6. The van der Waals surface area contributed by atoms with Gasteiger partial charge in [-0.3, -0.25) is 0 Å². The first-order valence-corrected chi connectivity index (χ1v) is 6.64. The molecule has 0 saturated carbocycles. The van der Waals surface area contributed by atoms with Crippen molar-refractivity contribution in [2.45, 2.75) is 39.7 Å². The van der Waals surface area contributed by atoms with Crippen LogP contribution in [0.15, 0.2) is 18.2 Å². The van der Waals surface area contributed by atoms with Crippen LogP contribution in [-0.2, 0) is 0 Å². The van der Waals surface area contributed by atoms with Gasteiger partial charge in [-0.1, -0.05) is 32.9 Å². The Morgan fingerprint density at radius 1 is 1.41 bits per heavy atom. The topological polar surface area (TPSA) is 21.3 Å². The minimum absolute atomic E-state index is 0.460. The van der Waals surface area contributed by atoms with Crippen molar-refractivity contribution in [2.75, 3.05) is 13.2 Å². The third-order valence-electron chi connectivity index (χ3n) is 3.54. The van der Waals surface area contributed by atoms with Gasteiger partial charge < -0.3 is 10.1 Å². The number of benzene rings is 1. The maximum Gasteiger partial charge on any atom is 0.123 e. The second kappa shape index (κ2) is 5.09. The molecule has 17 heavy (non-hydrogen) atoms. The summed E-state index contributed by atoms with van der Waals surface area (Å²) in [5.41, 5.74) is 2.83. The molecule has 94 valence electrons. The summed E-state index contributed by atoms with van der Waals surface area (Å²) in [5, 5.41) is 3.64. The van der Waals surface area contributed by atoms with Crippen LogP contribution in [0.3, 0.4) is 0 Å². The molecular weight excluding hydrogens is 210 g/mol. The first kappa shape index (κ1) is 12.4. The van der Waals surface area contributed by atoms with Crippen LogP contribution < -0.4 is 10.1 Å². The monoisotopic (exact) mass is 233 g/mol. The van der Waals surface area contributed by atoms with E-state index in [4.69, 9.17) is 4.74 Å². The highest BCUT2D eigenvalue weighted by Gasteiger charge is 2.28. The van der Waals surface area contributed by atoms with E-state index >= 15 is 0 Å². The van der Waals surface area contributed by atoms with Crippen LogP contribution in [0.2, 0.25) is 0 Å². The SMILES string of the molecule is CCOc1cccc2c1C(C)CNC2C(C)C. The lowest BCUT2D eigenvalue weighted by atomic mass is 9.83. The van der Waals surface area contributed by atoms with Crippen molar-refractivity contribution in [2.24, 2.45) is 5.92 Å². The highest BCUT2D eigenvalue weighted by Crippen LogP contribution is 2.39. The van der Waals surface area contributed by atoms with Gasteiger partial charge in [-0.25, -0.2) is 0 Å². The summed E-state index contributed by atoms with van der Waals surface area (Å²) in [5.74, 6) is 2.21. The molecule has 2 atom stereocenters. The Labute approximate surface area is 104 Å². The Kier molecular flexibility index (Phi) is 3.72. The molecule has 0 fully saturated rings. The van der Waals surface area contributed by atoms with E-state index in [1.54, 1.807) is 0 Å². The summed E-state index contributed by atoms with van der Waals surface area (Å²) in [4.78, 5) is 0. The number of fused-ring (bicyclic) bond motifs is 1. The van der Waals surface area contributed by atoms with Crippen molar-refractivity contribution in [1.29, 1.82) is 0 Å². The van der Waals surface area contributed by atoms with Gasteiger partial charge in [0.15, 0.2) is 0 Å². The van der Waals surface area contributed by atoms with Gasteiger partial charge in [-0.15, -0.1) is 0 Å². The van der Waals surface area contributed by atoms with Gasteiger partial charge in [0.2, 0.25) is 0 Å². The third kappa shape index (κ3) is 2.32. The minimum Gasteiger partial charge on any atom is -0.494 e. The summed E-state index contributed by atoms with van der Waals surface area (Å²) in [6.07, 6.45) is 0. The van der Waals surface area contributed by atoms with Crippen LogP contribution in [-0.4, -0.2) is 13.2 Å². The molecule has 1 aromatic carbocycles. The fourth-order valence-corrected chi connectivity index (χ4v) is 2.75. The Morgan fingerprint density at radius 2 is 2.18 bits per heavy atom. The largest absolute Gasteiger partial charge is 0.494 e. The fourth-order valence-electron chi connectivity index (χ4n) is 2.75. The van der Waals surface area contributed by atoms with Crippen LogP contribution >= 0.6 is 0 Å². The van der Waals surface area contributed by atoms with Crippen LogP contribution in [0.1, 0.15) is 50.8 Å². The average molecular weight is 233 g/mol. The lowest BCUT2D eigenvalue weighted by Crippen LogP contribution is -2.35. The summed E-state index contributed by atoms with van der Waals surface area (Å²) < 4.78 is 5.77. The van der Waals surface area contributed by atoms with Crippen molar-refractivity contribution in [1.82, 2.24) is 5.32 Å². The van der Waals surface area contributed by atoms with E-state index in [2.05, 4.69) is 44.3 Å². The molecule has 2 rings (SSSR count). The maximum atomic E-state index is 5.77. The molecule has 2 heteroatoms. The number of nitrogens with one attached hydrogen (secondary N) is 1. The number of hydrogen-bond donors (Lipinski definition) is 1. The number of hydrogen-bond acceptors (Lipinski definition) is 2. The van der Waals surface area contributed by atoms with Gasteiger partial charge in [-0.05, 0) is 30.4 Å². The van der Waals surface area contributed by atoms with Crippen LogP contribution in [0.5, 0.6) is 5.75 Å².